The zero-order valence-corrected chi connectivity index (χ0v) is 11.2. The average molecular weight is 288 g/mol. The summed E-state index contributed by atoms with van der Waals surface area (Å²) in [6.07, 6.45) is 1.99. The third-order valence-electron chi connectivity index (χ3n) is 3.45. The highest BCUT2D eigenvalue weighted by Crippen LogP contribution is 2.30. The number of carbonyl (C=O) groups is 1. The van der Waals surface area contributed by atoms with Gasteiger partial charge in [-0.05, 0) is 36.6 Å². The van der Waals surface area contributed by atoms with Gasteiger partial charge in [-0.2, -0.15) is 0 Å². The number of benzene rings is 2. The first-order chi connectivity index (χ1) is 10.1. The first-order valence-electron chi connectivity index (χ1n) is 6.77. The molecule has 2 aromatic carbocycles. The summed E-state index contributed by atoms with van der Waals surface area (Å²) in [6, 6.07) is 8.39. The largest absolute Gasteiger partial charge is 0.383 e. The van der Waals surface area contributed by atoms with Crippen molar-refractivity contribution in [2.24, 2.45) is 0 Å². The Morgan fingerprint density at radius 1 is 1.14 bits per heavy atom. The normalized spacial score (nSPS) is 13.2. The maximum Gasteiger partial charge on any atom is 0.255 e. The number of hydrogen-bond acceptors (Lipinski definition) is 2. The molecule has 0 atom stereocenters. The minimum atomic E-state index is -0.770. The van der Waals surface area contributed by atoms with E-state index in [1.54, 1.807) is 6.07 Å². The smallest absolute Gasteiger partial charge is 0.255 e. The topological polar surface area (TPSA) is 41.1 Å². The van der Waals surface area contributed by atoms with Gasteiger partial charge in [0.2, 0.25) is 0 Å². The molecule has 0 aliphatic carbocycles. The number of carbonyl (C=O) groups excluding carboxylic acids is 1. The van der Waals surface area contributed by atoms with Crippen LogP contribution in [0.5, 0.6) is 0 Å². The Kier molecular flexibility index (Phi) is 3.56. The summed E-state index contributed by atoms with van der Waals surface area (Å²) < 4.78 is 26.3. The van der Waals surface area contributed by atoms with Crippen molar-refractivity contribution in [2.45, 2.75) is 12.8 Å². The quantitative estimate of drug-likeness (QED) is 0.887. The number of amides is 1. The molecule has 0 aromatic heterocycles. The standard InChI is InChI=1S/C16H14F2N2O/c17-12-7-11(8-13(18)9-12)16(21)20-14-5-1-3-10-4-2-6-19-15(10)14/h1,3,5,7-9,19H,2,4,6H2,(H,20,21). The van der Waals surface area contributed by atoms with Gasteiger partial charge in [-0.3, -0.25) is 4.79 Å². The second-order valence-electron chi connectivity index (χ2n) is 4.98. The van der Waals surface area contributed by atoms with Gasteiger partial charge in [0.1, 0.15) is 11.6 Å². The lowest BCUT2D eigenvalue weighted by Gasteiger charge is -2.21. The summed E-state index contributed by atoms with van der Waals surface area (Å²) in [5, 5.41) is 5.95. The summed E-state index contributed by atoms with van der Waals surface area (Å²) in [4.78, 5) is 12.1. The summed E-state index contributed by atoms with van der Waals surface area (Å²) >= 11 is 0. The Hall–Kier alpha value is -2.43. The second-order valence-corrected chi connectivity index (χ2v) is 4.98. The van der Waals surface area contributed by atoms with Gasteiger partial charge < -0.3 is 10.6 Å². The number of fused-ring (bicyclic) bond motifs is 1. The Morgan fingerprint density at radius 2 is 1.90 bits per heavy atom. The zero-order chi connectivity index (χ0) is 14.8. The Labute approximate surface area is 121 Å². The molecular formula is C16H14F2N2O. The molecule has 5 heteroatoms. The van der Waals surface area contributed by atoms with Crippen molar-refractivity contribution in [3.05, 3.63) is 59.2 Å². The highest BCUT2D eigenvalue weighted by atomic mass is 19.1. The zero-order valence-electron chi connectivity index (χ0n) is 11.2. The van der Waals surface area contributed by atoms with E-state index in [9.17, 15) is 13.6 Å². The predicted octanol–water partition coefficient (Wildman–Crippen LogP) is 3.58. The molecule has 108 valence electrons. The van der Waals surface area contributed by atoms with Crippen molar-refractivity contribution < 1.29 is 13.6 Å². The Balaban J connectivity index is 1.88. The molecule has 3 rings (SSSR count). The van der Waals surface area contributed by atoms with Crippen LogP contribution in [0.4, 0.5) is 20.2 Å². The lowest BCUT2D eigenvalue weighted by atomic mass is 10.0. The number of anilines is 2. The van der Waals surface area contributed by atoms with Gasteiger partial charge >= 0.3 is 0 Å². The molecule has 0 saturated carbocycles. The van der Waals surface area contributed by atoms with Crippen LogP contribution in [0, 0.1) is 11.6 Å². The van der Waals surface area contributed by atoms with E-state index < -0.39 is 17.5 Å². The van der Waals surface area contributed by atoms with E-state index in [1.807, 2.05) is 12.1 Å². The van der Waals surface area contributed by atoms with Crippen LogP contribution >= 0.6 is 0 Å². The van der Waals surface area contributed by atoms with E-state index in [0.29, 0.717) is 5.69 Å². The van der Waals surface area contributed by atoms with Crippen LogP contribution in [0.25, 0.3) is 0 Å². The number of rotatable bonds is 2. The van der Waals surface area contributed by atoms with Gasteiger partial charge in [-0.25, -0.2) is 8.78 Å². The van der Waals surface area contributed by atoms with Crippen molar-refractivity contribution >= 4 is 17.3 Å². The molecular weight excluding hydrogens is 274 g/mol. The number of nitrogens with one attached hydrogen (secondary N) is 2. The van der Waals surface area contributed by atoms with Crippen molar-refractivity contribution in [1.82, 2.24) is 0 Å². The van der Waals surface area contributed by atoms with Crippen LogP contribution in [0.2, 0.25) is 0 Å². The summed E-state index contributed by atoms with van der Waals surface area (Å²) in [6.45, 7) is 0.842. The predicted molar refractivity (Wildman–Crippen MR) is 77.6 cm³/mol. The van der Waals surface area contributed by atoms with E-state index in [1.165, 1.54) is 0 Å². The third kappa shape index (κ3) is 2.86. The van der Waals surface area contributed by atoms with Gasteiger partial charge in [0.05, 0.1) is 11.4 Å². The molecule has 1 aliphatic rings. The number of halogens is 2. The van der Waals surface area contributed by atoms with Crippen LogP contribution in [0.1, 0.15) is 22.3 Å². The molecule has 2 N–H and O–H groups in total. The van der Waals surface area contributed by atoms with E-state index >= 15 is 0 Å². The number of aryl methyl sites for hydroxylation is 1. The highest BCUT2D eigenvalue weighted by Gasteiger charge is 2.15. The Bertz CT molecular complexity index is 680. The lowest BCUT2D eigenvalue weighted by molar-refractivity contribution is 0.102. The minimum Gasteiger partial charge on any atom is -0.383 e. The summed E-state index contributed by atoms with van der Waals surface area (Å²) in [5.74, 6) is -2.07. The van der Waals surface area contributed by atoms with Gasteiger partial charge in [0.25, 0.3) is 5.91 Å². The molecule has 0 fully saturated rings. The van der Waals surface area contributed by atoms with Gasteiger partial charge in [0, 0.05) is 18.2 Å². The fourth-order valence-corrected chi connectivity index (χ4v) is 2.49. The van der Waals surface area contributed by atoms with Crippen molar-refractivity contribution in [3.8, 4) is 0 Å². The van der Waals surface area contributed by atoms with Crippen LogP contribution in [0.15, 0.2) is 36.4 Å². The fourth-order valence-electron chi connectivity index (χ4n) is 2.49. The molecule has 0 bridgehead atoms. The van der Waals surface area contributed by atoms with E-state index in [4.69, 9.17) is 0 Å². The lowest BCUT2D eigenvalue weighted by Crippen LogP contribution is -2.18. The first kappa shape index (κ1) is 13.5. The van der Waals surface area contributed by atoms with E-state index in [2.05, 4.69) is 10.6 Å². The molecule has 1 amide bonds. The molecule has 1 heterocycles. The number of hydrogen-bond donors (Lipinski definition) is 2. The molecule has 0 radical (unpaired) electrons. The van der Waals surface area contributed by atoms with Gasteiger partial charge in [0.15, 0.2) is 0 Å². The fraction of sp³-hybridized carbons (Fsp3) is 0.188. The maximum absolute atomic E-state index is 13.2. The van der Waals surface area contributed by atoms with E-state index in [-0.39, 0.29) is 5.56 Å². The molecule has 21 heavy (non-hydrogen) atoms. The summed E-state index contributed by atoms with van der Waals surface area (Å²) in [5.41, 5.74) is 2.60. The molecule has 0 saturated heterocycles. The molecule has 3 nitrogen and oxygen atoms in total. The SMILES string of the molecule is O=C(Nc1cccc2c1NCCC2)c1cc(F)cc(F)c1. The van der Waals surface area contributed by atoms with Gasteiger partial charge in [-0.1, -0.05) is 12.1 Å². The molecule has 0 unspecified atom stereocenters. The van der Waals surface area contributed by atoms with Crippen molar-refractivity contribution in [1.29, 1.82) is 0 Å². The third-order valence-corrected chi connectivity index (χ3v) is 3.45. The average Bonchev–Trinajstić information content (AvgIpc) is 2.46. The van der Waals surface area contributed by atoms with E-state index in [0.717, 1.165) is 48.8 Å². The molecule has 2 aromatic rings. The van der Waals surface area contributed by atoms with Crippen LogP contribution in [0.3, 0.4) is 0 Å². The van der Waals surface area contributed by atoms with Crippen LogP contribution in [-0.4, -0.2) is 12.5 Å². The number of para-hydroxylation sites is 1. The molecule has 0 spiro atoms. The minimum absolute atomic E-state index is 0.0408. The van der Waals surface area contributed by atoms with Crippen molar-refractivity contribution in [2.75, 3.05) is 17.2 Å². The Morgan fingerprint density at radius 3 is 2.67 bits per heavy atom. The molecule has 1 aliphatic heterocycles. The highest BCUT2D eigenvalue weighted by molar-refractivity contribution is 6.06. The monoisotopic (exact) mass is 288 g/mol. The van der Waals surface area contributed by atoms with Gasteiger partial charge in [-0.15, -0.1) is 0 Å². The van der Waals surface area contributed by atoms with Crippen molar-refractivity contribution in [3.63, 3.8) is 0 Å². The van der Waals surface area contributed by atoms with Crippen LogP contribution in [-0.2, 0) is 6.42 Å². The first-order valence-corrected chi connectivity index (χ1v) is 6.77. The summed E-state index contributed by atoms with van der Waals surface area (Å²) in [7, 11) is 0. The second kappa shape index (κ2) is 5.52. The maximum atomic E-state index is 13.2. The van der Waals surface area contributed by atoms with Crippen LogP contribution < -0.4 is 10.6 Å².